The van der Waals surface area contributed by atoms with E-state index in [1.807, 2.05) is 4.57 Å². The molecule has 0 radical (unpaired) electrons. The largest absolute Gasteiger partial charge is 0.322 e. The Kier molecular flexibility index (Phi) is 2.11. The first-order valence-corrected chi connectivity index (χ1v) is 5.13. The van der Waals surface area contributed by atoms with Gasteiger partial charge in [0.25, 0.3) is 5.56 Å². The van der Waals surface area contributed by atoms with Crippen molar-refractivity contribution in [2.75, 3.05) is 5.75 Å². The number of nitrogens with zero attached hydrogens (tertiary/aromatic N) is 2. The molecule has 12 heavy (non-hydrogen) atoms. The summed E-state index contributed by atoms with van der Waals surface area (Å²) in [6.45, 7) is 0.912. The standard InChI is InChI=1S/C7H7ClN2OS/c8-4-5-3-6(11)9-7-10(5)1-2-12-7/h3H,1-2,4H2. The molecule has 2 heterocycles. The molecule has 0 saturated heterocycles. The highest BCUT2D eigenvalue weighted by molar-refractivity contribution is 7.99. The molecular formula is C7H7ClN2OS. The Morgan fingerprint density at radius 3 is 3.33 bits per heavy atom. The minimum atomic E-state index is -0.189. The highest BCUT2D eigenvalue weighted by Crippen LogP contribution is 2.23. The summed E-state index contributed by atoms with van der Waals surface area (Å²) < 4.78 is 2.00. The Bertz CT molecular complexity index is 363. The third-order valence-electron chi connectivity index (χ3n) is 1.76. The minimum Gasteiger partial charge on any atom is -0.322 e. The summed E-state index contributed by atoms with van der Waals surface area (Å²) in [5.74, 6) is 1.37. The Morgan fingerprint density at radius 1 is 1.75 bits per heavy atom. The molecule has 0 bridgehead atoms. The van der Waals surface area contributed by atoms with Crippen LogP contribution in [0.2, 0.25) is 0 Å². The number of alkyl halides is 1. The lowest BCUT2D eigenvalue weighted by Crippen LogP contribution is -2.14. The molecule has 1 aromatic rings. The highest BCUT2D eigenvalue weighted by Gasteiger charge is 2.14. The van der Waals surface area contributed by atoms with E-state index in [-0.39, 0.29) is 5.56 Å². The second kappa shape index (κ2) is 3.11. The fraction of sp³-hybridized carbons (Fsp3) is 0.429. The minimum absolute atomic E-state index is 0.189. The average molecular weight is 203 g/mol. The molecule has 1 aliphatic heterocycles. The molecule has 0 spiro atoms. The summed E-state index contributed by atoms with van der Waals surface area (Å²) in [6.07, 6.45) is 0. The highest BCUT2D eigenvalue weighted by atomic mass is 35.5. The van der Waals surface area contributed by atoms with Crippen LogP contribution in [0.15, 0.2) is 16.0 Å². The van der Waals surface area contributed by atoms with Gasteiger partial charge in [0.05, 0.1) is 5.88 Å². The van der Waals surface area contributed by atoms with Gasteiger partial charge in [0.15, 0.2) is 5.16 Å². The summed E-state index contributed by atoms with van der Waals surface area (Å²) >= 11 is 7.29. The quantitative estimate of drug-likeness (QED) is 0.505. The lowest BCUT2D eigenvalue weighted by atomic mass is 10.4. The van der Waals surface area contributed by atoms with Crippen molar-refractivity contribution in [2.24, 2.45) is 0 Å². The van der Waals surface area contributed by atoms with Crippen molar-refractivity contribution in [2.45, 2.75) is 17.6 Å². The van der Waals surface area contributed by atoms with E-state index < -0.39 is 0 Å². The van der Waals surface area contributed by atoms with Crippen LogP contribution in [0.25, 0.3) is 0 Å². The maximum absolute atomic E-state index is 11.0. The van der Waals surface area contributed by atoms with Crippen LogP contribution in [0.4, 0.5) is 0 Å². The van der Waals surface area contributed by atoms with Gasteiger partial charge in [-0.15, -0.1) is 11.6 Å². The van der Waals surface area contributed by atoms with Crippen molar-refractivity contribution < 1.29 is 0 Å². The number of hydrogen-bond acceptors (Lipinski definition) is 3. The third kappa shape index (κ3) is 1.25. The number of rotatable bonds is 1. The van der Waals surface area contributed by atoms with Gasteiger partial charge in [0, 0.05) is 24.1 Å². The molecule has 1 aliphatic rings. The van der Waals surface area contributed by atoms with E-state index in [1.54, 1.807) is 11.8 Å². The van der Waals surface area contributed by atoms with Crippen LogP contribution < -0.4 is 5.56 Å². The van der Waals surface area contributed by atoms with E-state index in [1.165, 1.54) is 6.07 Å². The molecule has 0 atom stereocenters. The van der Waals surface area contributed by atoms with Crippen LogP contribution in [0.1, 0.15) is 5.69 Å². The van der Waals surface area contributed by atoms with E-state index >= 15 is 0 Å². The van der Waals surface area contributed by atoms with E-state index in [0.29, 0.717) is 5.88 Å². The first-order valence-electron chi connectivity index (χ1n) is 3.61. The third-order valence-corrected chi connectivity index (χ3v) is 2.99. The SMILES string of the molecule is O=c1cc(CCl)n2c(n1)SCC2. The van der Waals surface area contributed by atoms with Gasteiger partial charge >= 0.3 is 0 Å². The summed E-state index contributed by atoms with van der Waals surface area (Å²) in [4.78, 5) is 14.9. The van der Waals surface area contributed by atoms with Gasteiger partial charge in [0.1, 0.15) is 0 Å². The van der Waals surface area contributed by atoms with Crippen LogP contribution in [-0.4, -0.2) is 15.3 Å². The molecule has 2 rings (SSSR count). The lowest BCUT2D eigenvalue weighted by Gasteiger charge is -2.05. The zero-order valence-electron chi connectivity index (χ0n) is 6.29. The van der Waals surface area contributed by atoms with Gasteiger partial charge in [-0.2, -0.15) is 4.98 Å². The Labute approximate surface area is 78.8 Å². The zero-order valence-corrected chi connectivity index (χ0v) is 7.86. The fourth-order valence-electron chi connectivity index (χ4n) is 1.22. The average Bonchev–Trinajstić information content (AvgIpc) is 2.50. The summed E-state index contributed by atoms with van der Waals surface area (Å²) in [6, 6.07) is 1.50. The summed E-state index contributed by atoms with van der Waals surface area (Å²) in [7, 11) is 0. The second-order valence-corrected chi connectivity index (χ2v) is 3.83. The van der Waals surface area contributed by atoms with Crippen molar-refractivity contribution in [3.8, 4) is 0 Å². The lowest BCUT2D eigenvalue weighted by molar-refractivity contribution is 0.646. The number of aromatic nitrogens is 2. The first kappa shape index (κ1) is 8.13. The maximum atomic E-state index is 11.0. The number of hydrogen-bond donors (Lipinski definition) is 0. The number of fused-ring (bicyclic) bond motifs is 1. The normalized spacial score (nSPS) is 14.8. The van der Waals surface area contributed by atoms with Gasteiger partial charge in [0.2, 0.25) is 0 Å². The van der Waals surface area contributed by atoms with Crippen LogP contribution in [0.5, 0.6) is 0 Å². The van der Waals surface area contributed by atoms with Crippen molar-refractivity contribution in [1.82, 2.24) is 9.55 Å². The Hall–Kier alpha value is -0.480. The van der Waals surface area contributed by atoms with Gasteiger partial charge in [-0.1, -0.05) is 11.8 Å². The predicted molar refractivity (Wildman–Crippen MR) is 48.8 cm³/mol. The molecule has 5 heteroatoms. The molecule has 64 valence electrons. The predicted octanol–water partition coefficient (Wildman–Crippen LogP) is 1.09. The molecule has 1 aromatic heterocycles. The molecule has 0 aromatic carbocycles. The Balaban J connectivity index is 2.62. The van der Waals surface area contributed by atoms with E-state index in [0.717, 1.165) is 23.1 Å². The first-order chi connectivity index (χ1) is 5.81. The van der Waals surface area contributed by atoms with E-state index in [9.17, 15) is 4.79 Å². The molecule has 0 amide bonds. The fourth-order valence-corrected chi connectivity index (χ4v) is 2.42. The van der Waals surface area contributed by atoms with Crippen LogP contribution in [-0.2, 0) is 12.4 Å². The molecule has 0 aliphatic carbocycles. The van der Waals surface area contributed by atoms with Gasteiger partial charge in [-0.3, -0.25) is 4.79 Å². The van der Waals surface area contributed by atoms with E-state index in [4.69, 9.17) is 11.6 Å². The molecule has 0 unspecified atom stereocenters. The van der Waals surface area contributed by atoms with E-state index in [2.05, 4.69) is 4.98 Å². The molecule has 0 N–H and O–H groups in total. The number of halogens is 1. The summed E-state index contributed by atoms with van der Waals surface area (Å²) in [5, 5.41) is 0.804. The van der Waals surface area contributed by atoms with Crippen molar-refractivity contribution in [3.05, 3.63) is 22.1 Å². The molecule has 0 fully saturated rings. The van der Waals surface area contributed by atoms with Crippen LogP contribution >= 0.6 is 23.4 Å². The summed E-state index contributed by atoms with van der Waals surface area (Å²) in [5.41, 5.74) is 0.683. The van der Waals surface area contributed by atoms with Crippen LogP contribution in [0.3, 0.4) is 0 Å². The van der Waals surface area contributed by atoms with Crippen molar-refractivity contribution >= 4 is 23.4 Å². The number of thioether (sulfide) groups is 1. The van der Waals surface area contributed by atoms with Gasteiger partial charge < -0.3 is 4.57 Å². The topological polar surface area (TPSA) is 34.9 Å². The smallest absolute Gasteiger partial charge is 0.273 e. The molecular weight excluding hydrogens is 196 g/mol. The van der Waals surface area contributed by atoms with Crippen molar-refractivity contribution in [3.63, 3.8) is 0 Å². The monoisotopic (exact) mass is 202 g/mol. The zero-order chi connectivity index (χ0) is 8.55. The maximum Gasteiger partial charge on any atom is 0.273 e. The Morgan fingerprint density at radius 2 is 2.58 bits per heavy atom. The van der Waals surface area contributed by atoms with Crippen molar-refractivity contribution in [1.29, 1.82) is 0 Å². The molecule has 3 nitrogen and oxygen atoms in total. The van der Waals surface area contributed by atoms with Gasteiger partial charge in [-0.25, -0.2) is 0 Å². The van der Waals surface area contributed by atoms with Gasteiger partial charge in [-0.05, 0) is 0 Å². The molecule has 0 saturated carbocycles. The van der Waals surface area contributed by atoms with Crippen LogP contribution in [0, 0.1) is 0 Å². The second-order valence-electron chi connectivity index (χ2n) is 2.50.